The molecule has 0 aromatic carbocycles. The summed E-state index contributed by atoms with van der Waals surface area (Å²) in [5.41, 5.74) is -0.731. The molecule has 1 fully saturated rings. The van der Waals surface area contributed by atoms with E-state index in [1.807, 2.05) is 32.9 Å². The lowest BCUT2D eigenvalue weighted by atomic mass is 9.87. The number of hydrogen-bond donors (Lipinski definition) is 2. The van der Waals surface area contributed by atoms with Crippen LogP contribution in [-0.4, -0.2) is 40.3 Å². The van der Waals surface area contributed by atoms with E-state index in [1.54, 1.807) is 0 Å². The van der Waals surface area contributed by atoms with E-state index in [0.29, 0.717) is 13.0 Å². The van der Waals surface area contributed by atoms with Crippen molar-refractivity contribution in [1.82, 2.24) is 0 Å². The number of unbranched alkanes of at least 4 members (excludes halogenated alkanes) is 3. The predicted octanol–water partition coefficient (Wildman–Crippen LogP) is 4.59. The summed E-state index contributed by atoms with van der Waals surface area (Å²) in [5, 5.41) is 20.7. The maximum atomic E-state index is 12.3. The molecule has 168 valence electrons. The standard InChI is InChI=1S/C24H42O5/c1-5-7-15-24(4,28)16-11-14-20-19(21(25)17-22(20)26)13-10-8-9-12-18(3)23(27)29-6-2/h11,14,18-20,22,26,28H,5-10,12-13,15-17H2,1-4H3/b14-11+/t18?,19-,20-,22-,24?/m1/s1. The molecule has 1 aliphatic rings. The summed E-state index contributed by atoms with van der Waals surface area (Å²) in [5.74, 6) is -0.361. The van der Waals surface area contributed by atoms with Gasteiger partial charge in [-0.3, -0.25) is 9.59 Å². The van der Waals surface area contributed by atoms with Crippen molar-refractivity contribution in [3.63, 3.8) is 0 Å². The Morgan fingerprint density at radius 1 is 1.28 bits per heavy atom. The number of ketones is 1. The fraction of sp³-hybridized carbons (Fsp3) is 0.833. The summed E-state index contributed by atoms with van der Waals surface area (Å²) in [4.78, 5) is 24.0. The van der Waals surface area contributed by atoms with Gasteiger partial charge < -0.3 is 14.9 Å². The third-order valence-electron chi connectivity index (χ3n) is 6.06. The zero-order chi connectivity index (χ0) is 21.9. The Hall–Kier alpha value is -1.20. The van der Waals surface area contributed by atoms with Crippen LogP contribution >= 0.6 is 0 Å². The molecule has 5 heteroatoms. The topological polar surface area (TPSA) is 83.8 Å². The highest BCUT2D eigenvalue weighted by molar-refractivity contribution is 5.84. The van der Waals surface area contributed by atoms with Gasteiger partial charge in [0.2, 0.25) is 0 Å². The third kappa shape index (κ3) is 9.43. The van der Waals surface area contributed by atoms with Crippen molar-refractivity contribution >= 4 is 11.8 Å². The van der Waals surface area contributed by atoms with Crippen LogP contribution in [0, 0.1) is 17.8 Å². The molecule has 0 aromatic rings. The molecule has 0 bridgehead atoms. The Morgan fingerprint density at radius 3 is 2.66 bits per heavy atom. The highest BCUT2D eigenvalue weighted by atomic mass is 16.5. The van der Waals surface area contributed by atoms with E-state index in [9.17, 15) is 19.8 Å². The number of carbonyl (C=O) groups is 2. The minimum absolute atomic E-state index is 0.0823. The molecule has 0 heterocycles. The van der Waals surface area contributed by atoms with Gasteiger partial charge in [0.05, 0.1) is 24.2 Å². The van der Waals surface area contributed by atoms with Gasteiger partial charge in [0.25, 0.3) is 0 Å². The first-order chi connectivity index (χ1) is 13.7. The SMILES string of the molecule is CCCCC(C)(O)C/C=C/[C@H]1[C@H](O)CC(=O)[C@@H]1CCCCCC(C)C(=O)OCC. The molecule has 0 radical (unpaired) electrons. The minimum Gasteiger partial charge on any atom is -0.466 e. The zero-order valence-corrected chi connectivity index (χ0v) is 18.9. The molecular formula is C24H42O5. The van der Waals surface area contributed by atoms with E-state index in [0.717, 1.165) is 51.4 Å². The average molecular weight is 411 g/mol. The zero-order valence-electron chi connectivity index (χ0n) is 18.9. The largest absolute Gasteiger partial charge is 0.466 e. The molecule has 1 rings (SSSR count). The quantitative estimate of drug-likeness (QED) is 0.249. The molecule has 1 aliphatic carbocycles. The van der Waals surface area contributed by atoms with Gasteiger partial charge >= 0.3 is 5.97 Å². The molecular weight excluding hydrogens is 368 g/mol. The van der Waals surface area contributed by atoms with Gasteiger partial charge in [-0.25, -0.2) is 0 Å². The highest BCUT2D eigenvalue weighted by Crippen LogP contribution is 2.35. The van der Waals surface area contributed by atoms with Crippen molar-refractivity contribution in [2.45, 2.75) is 104 Å². The average Bonchev–Trinajstić information content (AvgIpc) is 2.92. The monoisotopic (exact) mass is 410 g/mol. The fourth-order valence-electron chi connectivity index (χ4n) is 4.12. The summed E-state index contributed by atoms with van der Waals surface area (Å²) < 4.78 is 5.03. The molecule has 29 heavy (non-hydrogen) atoms. The number of rotatable bonds is 14. The van der Waals surface area contributed by atoms with E-state index >= 15 is 0 Å². The van der Waals surface area contributed by atoms with Crippen molar-refractivity contribution in [2.75, 3.05) is 6.61 Å². The molecule has 0 saturated heterocycles. The second-order valence-corrected chi connectivity index (χ2v) is 8.95. The summed E-state index contributed by atoms with van der Waals surface area (Å²) >= 11 is 0. The molecule has 0 spiro atoms. The van der Waals surface area contributed by atoms with Gasteiger partial charge in [-0.1, -0.05) is 58.1 Å². The van der Waals surface area contributed by atoms with E-state index in [-0.39, 0.29) is 35.9 Å². The van der Waals surface area contributed by atoms with Crippen LogP contribution in [0.5, 0.6) is 0 Å². The van der Waals surface area contributed by atoms with Crippen LogP contribution in [0.25, 0.3) is 0 Å². The Bertz CT molecular complexity index is 525. The highest BCUT2D eigenvalue weighted by Gasteiger charge is 2.39. The first-order valence-corrected chi connectivity index (χ1v) is 11.5. The van der Waals surface area contributed by atoms with E-state index in [4.69, 9.17) is 4.74 Å². The lowest BCUT2D eigenvalue weighted by Crippen LogP contribution is -2.23. The number of aliphatic hydroxyl groups is 2. The van der Waals surface area contributed by atoms with Crippen LogP contribution in [0.2, 0.25) is 0 Å². The Kier molecular flexibility index (Phi) is 11.7. The van der Waals surface area contributed by atoms with Gasteiger partial charge in [0, 0.05) is 18.3 Å². The maximum absolute atomic E-state index is 12.3. The van der Waals surface area contributed by atoms with Crippen LogP contribution in [-0.2, 0) is 14.3 Å². The fourth-order valence-corrected chi connectivity index (χ4v) is 4.12. The van der Waals surface area contributed by atoms with Gasteiger partial charge in [-0.2, -0.15) is 0 Å². The molecule has 2 unspecified atom stereocenters. The number of carbonyl (C=O) groups excluding carboxylic acids is 2. The lowest BCUT2D eigenvalue weighted by Gasteiger charge is -2.22. The first kappa shape index (κ1) is 25.8. The lowest BCUT2D eigenvalue weighted by molar-refractivity contribution is -0.147. The molecule has 0 amide bonds. The summed E-state index contributed by atoms with van der Waals surface area (Å²) in [6.07, 6.45) is 11.2. The van der Waals surface area contributed by atoms with Crippen LogP contribution in [0.15, 0.2) is 12.2 Å². The van der Waals surface area contributed by atoms with Crippen molar-refractivity contribution in [2.24, 2.45) is 17.8 Å². The van der Waals surface area contributed by atoms with Crippen LogP contribution in [0.1, 0.15) is 91.9 Å². The van der Waals surface area contributed by atoms with Crippen molar-refractivity contribution in [3.05, 3.63) is 12.2 Å². The number of Topliss-reactive ketones (excluding diaryl/α,β-unsaturated/α-hetero) is 1. The van der Waals surface area contributed by atoms with Crippen molar-refractivity contribution in [1.29, 1.82) is 0 Å². The van der Waals surface area contributed by atoms with Crippen LogP contribution in [0.4, 0.5) is 0 Å². The number of aliphatic hydroxyl groups excluding tert-OH is 1. The van der Waals surface area contributed by atoms with E-state index in [2.05, 4.69) is 6.92 Å². The van der Waals surface area contributed by atoms with Gasteiger partial charge in [0.15, 0.2) is 0 Å². The maximum Gasteiger partial charge on any atom is 0.308 e. The summed E-state index contributed by atoms with van der Waals surface area (Å²) in [6.45, 7) is 8.07. The minimum atomic E-state index is -0.731. The summed E-state index contributed by atoms with van der Waals surface area (Å²) in [7, 11) is 0. The van der Waals surface area contributed by atoms with Crippen molar-refractivity contribution in [3.8, 4) is 0 Å². The van der Waals surface area contributed by atoms with E-state index < -0.39 is 11.7 Å². The molecule has 5 atom stereocenters. The molecule has 0 aliphatic heterocycles. The number of hydrogen-bond acceptors (Lipinski definition) is 5. The third-order valence-corrected chi connectivity index (χ3v) is 6.06. The molecule has 1 saturated carbocycles. The summed E-state index contributed by atoms with van der Waals surface area (Å²) in [6, 6.07) is 0. The molecule has 0 aromatic heterocycles. The van der Waals surface area contributed by atoms with Gasteiger partial charge in [-0.15, -0.1) is 0 Å². The molecule has 5 nitrogen and oxygen atoms in total. The van der Waals surface area contributed by atoms with Gasteiger partial charge in [-0.05, 0) is 39.5 Å². The second-order valence-electron chi connectivity index (χ2n) is 8.95. The Labute approximate surface area is 176 Å². The van der Waals surface area contributed by atoms with Gasteiger partial charge in [0.1, 0.15) is 5.78 Å². The van der Waals surface area contributed by atoms with Crippen molar-refractivity contribution < 1.29 is 24.5 Å². The molecule has 2 N–H and O–H groups in total. The first-order valence-electron chi connectivity index (χ1n) is 11.5. The predicted molar refractivity (Wildman–Crippen MR) is 115 cm³/mol. The second kappa shape index (κ2) is 13.2. The number of ether oxygens (including phenoxy) is 1. The van der Waals surface area contributed by atoms with E-state index in [1.165, 1.54) is 0 Å². The smallest absolute Gasteiger partial charge is 0.308 e. The van der Waals surface area contributed by atoms with Crippen LogP contribution in [0.3, 0.4) is 0 Å². The Morgan fingerprint density at radius 2 is 2.00 bits per heavy atom. The Balaban J connectivity index is 2.43. The number of esters is 1. The normalized spacial score (nSPS) is 25.3. The van der Waals surface area contributed by atoms with Crippen LogP contribution < -0.4 is 0 Å².